The first-order valence-electron chi connectivity index (χ1n) is 6.31. The van der Waals surface area contributed by atoms with Crippen molar-refractivity contribution in [3.8, 4) is 0 Å². The number of nitrogens with one attached hydrogen (secondary N) is 1. The molecule has 5 nitrogen and oxygen atoms in total. The van der Waals surface area contributed by atoms with Crippen LogP contribution in [0.1, 0.15) is 11.1 Å². The molecule has 1 rings (SSSR count). The standard InChI is InChI=1S/C14H23N3O2/c1-18-9-7-17(8-10-19-2)11-12-3-5-13(6-4-12)14(15)16/h3-6H,7-11H2,1-2H3,(H3,15,16). The minimum Gasteiger partial charge on any atom is -0.384 e. The number of benzene rings is 1. The SMILES string of the molecule is COCCN(CCOC)Cc1ccc(C(=N)N)cc1. The van der Waals surface area contributed by atoms with Crippen molar-refractivity contribution in [2.24, 2.45) is 5.73 Å². The highest BCUT2D eigenvalue weighted by Crippen LogP contribution is 2.07. The van der Waals surface area contributed by atoms with Gasteiger partial charge in [-0.2, -0.15) is 0 Å². The van der Waals surface area contributed by atoms with E-state index in [-0.39, 0.29) is 5.84 Å². The molecule has 0 radical (unpaired) electrons. The van der Waals surface area contributed by atoms with Gasteiger partial charge in [0.05, 0.1) is 13.2 Å². The quantitative estimate of drug-likeness (QED) is 0.517. The molecule has 0 aliphatic carbocycles. The molecule has 3 N–H and O–H groups in total. The number of hydrogen-bond acceptors (Lipinski definition) is 4. The van der Waals surface area contributed by atoms with Gasteiger partial charge in [0.15, 0.2) is 0 Å². The Hall–Kier alpha value is -1.43. The zero-order valence-electron chi connectivity index (χ0n) is 11.7. The third kappa shape index (κ3) is 5.83. The zero-order valence-corrected chi connectivity index (χ0v) is 11.7. The van der Waals surface area contributed by atoms with Gasteiger partial charge in [-0.05, 0) is 5.56 Å². The van der Waals surface area contributed by atoms with Crippen molar-refractivity contribution in [3.05, 3.63) is 35.4 Å². The lowest BCUT2D eigenvalue weighted by atomic mass is 10.1. The van der Waals surface area contributed by atoms with Crippen LogP contribution in [-0.2, 0) is 16.0 Å². The molecule has 0 fully saturated rings. The van der Waals surface area contributed by atoms with Gasteiger partial charge in [0.1, 0.15) is 5.84 Å². The van der Waals surface area contributed by atoms with Crippen LogP contribution in [0.3, 0.4) is 0 Å². The van der Waals surface area contributed by atoms with Crippen molar-refractivity contribution in [1.82, 2.24) is 4.90 Å². The normalized spacial score (nSPS) is 10.9. The maximum Gasteiger partial charge on any atom is 0.122 e. The fraction of sp³-hybridized carbons (Fsp3) is 0.500. The van der Waals surface area contributed by atoms with Crippen LogP contribution >= 0.6 is 0 Å². The monoisotopic (exact) mass is 265 g/mol. The molecular formula is C14H23N3O2. The van der Waals surface area contributed by atoms with Crippen molar-refractivity contribution in [2.75, 3.05) is 40.5 Å². The maximum atomic E-state index is 7.36. The highest BCUT2D eigenvalue weighted by molar-refractivity contribution is 5.94. The second-order valence-corrected chi connectivity index (χ2v) is 4.37. The van der Waals surface area contributed by atoms with E-state index in [0.717, 1.165) is 25.2 Å². The zero-order chi connectivity index (χ0) is 14.1. The summed E-state index contributed by atoms with van der Waals surface area (Å²) in [5.41, 5.74) is 7.38. The smallest absolute Gasteiger partial charge is 0.122 e. The van der Waals surface area contributed by atoms with E-state index < -0.39 is 0 Å². The molecule has 0 amide bonds. The summed E-state index contributed by atoms with van der Waals surface area (Å²) in [6.07, 6.45) is 0. The Balaban J connectivity index is 2.58. The van der Waals surface area contributed by atoms with Gasteiger partial charge in [-0.25, -0.2) is 0 Å². The van der Waals surface area contributed by atoms with Crippen LogP contribution in [0.5, 0.6) is 0 Å². The largest absolute Gasteiger partial charge is 0.384 e. The van der Waals surface area contributed by atoms with Crippen LogP contribution in [0.15, 0.2) is 24.3 Å². The van der Waals surface area contributed by atoms with Crippen LogP contribution in [-0.4, -0.2) is 51.3 Å². The van der Waals surface area contributed by atoms with Crippen molar-refractivity contribution >= 4 is 5.84 Å². The molecule has 1 aromatic rings. The van der Waals surface area contributed by atoms with Crippen LogP contribution in [0.25, 0.3) is 0 Å². The summed E-state index contributed by atoms with van der Waals surface area (Å²) in [7, 11) is 3.41. The first kappa shape index (κ1) is 15.6. The van der Waals surface area contributed by atoms with E-state index in [1.165, 1.54) is 5.56 Å². The number of methoxy groups -OCH3 is 2. The molecule has 0 atom stereocenters. The molecule has 0 aliphatic rings. The molecule has 0 aromatic heterocycles. The summed E-state index contributed by atoms with van der Waals surface area (Å²) in [5, 5.41) is 7.36. The fourth-order valence-electron chi connectivity index (χ4n) is 1.76. The van der Waals surface area contributed by atoms with Crippen molar-refractivity contribution in [2.45, 2.75) is 6.54 Å². The first-order valence-corrected chi connectivity index (χ1v) is 6.31. The Morgan fingerprint density at radius 2 is 1.63 bits per heavy atom. The molecule has 0 spiro atoms. The molecule has 0 unspecified atom stereocenters. The number of nitrogens with zero attached hydrogens (tertiary/aromatic N) is 1. The molecule has 5 heteroatoms. The van der Waals surface area contributed by atoms with E-state index in [1.54, 1.807) is 14.2 Å². The summed E-state index contributed by atoms with van der Waals surface area (Å²) < 4.78 is 10.2. The summed E-state index contributed by atoms with van der Waals surface area (Å²) in [6.45, 7) is 3.98. The second-order valence-electron chi connectivity index (χ2n) is 4.37. The summed E-state index contributed by atoms with van der Waals surface area (Å²) in [4.78, 5) is 2.27. The molecule has 1 aromatic carbocycles. The van der Waals surface area contributed by atoms with E-state index in [0.29, 0.717) is 13.2 Å². The van der Waals surface area contributed by atoms with Gasteiger partial charge in [0, 0.05) is 39.4 Å². The number of nitrogen functional groups attached to an aromatic ring is 1. The van der Waals surface area contributed by atoms with E-state index >= 15 is 0 Å². The van der Waals surface area contributed by atoms with Gasteiger partial charge >= 0.3 is 0 Å². The van der Waals surface area contributed by atoms with E-state index in [1.807, 2.05) is 24.3 Å². The first-order chi connectivity index (χ1) is 9.17. The molecule has 0 heterocycles. The van der Waals surface area contributed by atoms with Gasteiger partial charge < -0.3 is 15.2 Å². The Bertz CT molecular complexity index is 371. The van der Waals surface area contributed by atoms with Crippen LogP contribution in [0, 0.1) is 5.41 Å². The van der Waals surface area contributed by atoms with Gasteiger partial charge in [0.2, 0.25) is 0 Å². The van der Waals surface area contributed by atoms with E-state index in [9.17, 15) is 0 Å². The minimum absolute atomic E-state index is 0.0992. The third-order valence-electron chi connectivity index (χ3n) is 2.89. The summed E-state index contributed by atoms with van der Waals surface area (Å²) in [6, 6.07) is 7.76. The lowest BCUT2D eigenvalue weighted by Gasteiger charge is -2.21. The lowest BCUT2D eigenvalue weighted by Crippen LogP contribution is -2.30. The number of hydrogen-bond donors (Lipinski definition) is 2. The third-order valence-corrected chi connectivity index (χ3v) is 2.89. The predicted molar refractivity (Wildman–Crippen MR) is 76.5 cm³/mol. The molecule has 0 bridgehead atoms. The number of nitrogens with two attached hydrogens (primary N) is 1. The summed E-state index contributed by atoms with van der Waals surface area (Å²) in [5.74, 6) is 0.0992. The average molecular weight is 265 g/mol. The summed E-state index contributed by atoms with van der Waals surface area (Å²) >= 11 is 0. The van der Waals surface area contributed by atoms with Gasteiger partial charge in [-0.1, -0.05) is 24.3 Å². The number of ether oxygens (including phenoxy) is 2. The minimum atomic E-state index is 0.0992. The van der Waals surface area contributed by atoms with E-state index in [4.69, 9.17) is 20.6 Å². The van der Waals surface area contributed by atoms with E-state index in [2.05, 4.69) is 4.90 Å². The van der Waals surface area contributed by atoms with Gasteiger partial charge in [0.25, 0.3) is 0 Å². The molecule has 0 aliphatic heterocycles. The lowest BCUT2D eigenvalue weighted by molar-refractivity contribution is 0.110. The average Bonchev–Trinajstić information content (AvgIpc) is 2.42. The topological polar surface area (TPSA) is 71.6 Å². The Kier molecular flexibility index (Phi) is 7.10. The van der Waals surface area contributed by atoms with Crippen LogP contribution in [0.4, 0.5) is 0 Å². The van der Waals surface area contributed by atoms with Gasteiger partial charge in [-0.15, -0.1) is 0 Å². The molecule has 106 valence electrons. The van der Waals surface area contributed by atoms with Crippen LogP contribution in [0.2, 0.25) is 0 Å². The number of rotatable bonds is 9. The Morgan fingerprint density at radius 1 is 1.11 bits per heavy atom. The fourth-order valence-corrected chi connectivity index (χ4v) is 1.76. The highest BCUT2D eigenvalue weighted by atomic mass is 16.5. The van der Waals surface area contributed by atoms with Gasteiger partial charge in [-0.3, -0.25) is 10.3 Å². The maximum absolute atomic E-state index is 7.36. The van der Waals surface area contributed by atoms with Crippen molar-refractivity contribution in [3.63, 3.8) is 0 Å². The molecule has 19 heavy (non-hydrogen) atoms. The number of amidine groups is 1. The van der Waals surface area contributed by atoms with Crippen molar-refractivity contribution in [1.29, 1.82) is 5.41 Å². The highest BCUT2D eigenvalue weighted by Gasteiger charge is 2.06. The Labute approximate surface area is 114 Å². The van der Waals surface area contributed by atoms with Crippen LogP contribution < -0.4 is 5.73 Å². The molecular weight excluding hydrogens is 242 g/mol. The van der Waals surface area contributed by atoms with Crippen molar-refractivity contribution < 1.29 is 9.47 Å². The Morgan fingerprint density at radius 3 is 2.05 bits per heavy atom. The molecule has 0 saturated carbocycles. The molecule has 0 saturated heterocycles. The second kappa shape index (κ2) is 8.63. The predicted octanol–water partition coefficient (Wildman–Crippen LogP) is 1.07.